The van der Waals surface area contributed by atoms with E-state index in [1.54, 1.807) is 18.0 Å². The van der Waals surface area contributed by atoms with E-state index in [0.29, 0.717) is 25.1 Å². The lowest BCUT2D eigenvalue weighted by atomic mass is 10.0. The second-order valence-corrected chi connectivity index (χ2v) is 10.1. The fourth-order valence-electron chi connectivity index (χ4n) is 3.51. The van der Waals surface area contributed by atoms with E-state index in [1.165, 1.54) is 0 Å². The summed E-state index contributed by atoms with van der Waals surface area (Å²) in [6, 6.07) is 19.2. The van der Waals surface area contributed by atoms with Gasteiger partial charge in [-0.25, -0.2) is 4.31 Å². The van der Waals surface area contributed by atoms with Crippen LogP contribution in [0.5, 0.6) is 0 Å². The van der Waals surface area contributed by atoms with Crippen LogP contribution in [-0.2, 0) is 0 Å². The lowest BCUT2D eigenvalue weighted by Crippen LogP contribution is -2.46. The van der Waals surface area contributed by atoms with E-state index in [-0.39, 0.29) is 6.04 Å². The Morgan fingerprint density at radius 1 is 0.733 bits per heavy atom. The van der Waals surface area contributed by atoms with Crippen molar-refractivity contribution in [2.45, 2.75) is 10.9 Å². The molecule has 1 aliphatic heterocycles. The molecule has 3 aromatic carbocycles. The summed E-state index contributed by atoms with van der Waals surface area (Å²) in [6.07, 6.45) is 0. The van der Waals surface area contributed by atoms with E-state index >= 15 is 0 Å². The first kappa shape index (κ1) is 22.4. The first-order valence-corrected chi connectivity index (χ1v) is 11.9. The Kier molecular flexibility index (Phi) is 7.31. The van der Waals surface area contributed by atoms with E-state index in [0.717, 1.165) is 35.8 Å². The summed E-state index contributed by atoms with van der Waals surface area (Å²) in [5, 5.41) is 3.27. The normalized spacial score (nSPS) is 17.4. The highest BCUT2D eigenvalue weighted by atomic mass is 35.5. The number of nitrogens with zero attached hydrogens (tertiary/aromatic N) is 2. The van der Waals surface area contributed by atoms with Gasteiger partial charge in [-0.1, -0.05) is 76.2 Å². The van der Waals surface area contributed by atoms with Crippen molar-refractivity contribution in [3.63, 3.8) is 0 Å². The fourth-order valence-corrected chi connectivity index (χ4v) is 5.72. The van der Waals surface area contributed by atoms with Crippen molar-refractivity contribution in [2.24, 2.45) is 0 Å². The van der Waals surface area contributed by atoms with Crippen molar-refractivity contribution in [1.82, 2.24) is 4.31 Å². The molecule has 0 radical (unpaired) electrons. The summed E-state index contributed by atoms with van der Waals surface area (Å²) in [5.41, 5.74) is 2.11. The van der Waals surface area contributed by atoms with E-state index in [1.807, 2.05) is 42.5 Å². The Bertz CT molecular complexity index is 1020. The van der Waals surface area contributed by atoms with Crippen LogP contribution < -0.4 is 4.90 Å². The highest BCUT2D eigenvalue weighted by Crippen LogP contribution is 2.41. The number of piperazine rings is 1. The number of hydrogen-bond acceptors (Lipinski definition) is 3. The Morgan fingerprint density at radius 2 is 1.40 bits per heavy atom. The molecule has 1 aliphatic rings. The SMILES string of the molecule is Clc1ccc(C2CN(Sc3c(Cl)cccc3Cl)CCN2c2ccc(Cl)cc2Cl)cc1. The van der Waals surface area contributed by atoms with Crippen molar-refractivity contribution >= 4 is 75.6 Å². The molecule has 0 N–H and O–H groups in total. The van der Waals surface area contributed by atoms with Crippen molar-refractivity contribution in [3.8, 4) is 0 Å². The zero-order chi connectivity index (χ0) is 21.3. The Morgan fingerprint density at radius 3 is 2.07 bits per heavy atom. The van der Waals surface area contributed by atoms with Crippen LogP contribution in [0.2, 0.25) is 25.1 Å². The summed E-state index contributed by atoms with van der Waals surface area (Å²) >= 11 is 33.2. The second-order valence-electron chi connectivity index (χ2n) is 6.89. The van der Waals surface area contributed by atoms with E-state index in [2.05, 4.69) is 21.3 Å². The second kappa shape index (κ2) is 9.79. The third-order valence-electron chi connectivity index (χ3n) is 4.96. The molecule has 0 amide bonds. The monoisotopic (exact) mass is 516 g/mol. The molecule has 1 atom stereocenters. The van der Waals surface area contributed by atoms with Crippen molar-refractivity contribution in [1.29, 1.82) is 0 Å². The lowest BCUT2D eigenvalue weighted by molar-refractivity contribution is 0.366. The molecular formula is C22H17Cl5N2S. The summed E-state index contributed by atoms with van der Waals surface area (Å²) in [4.78, 5) is 3.18. The molecule has 4 rings (SSSR count). The topological polar surface area (TPSA) is 6.48 Å². The third-order valence-corrected chi connectivity index (χ3v) is 7.81. The molecule has 1 fully saturated rings. The van der Waals surface area contributed by atoms with Crippen LogP contribution in [0, 0.1) is 0 Å². The van der Waals surface area contributed by atoms with E-state index in [4.69, 9.17) is 58.0 Å². The van der Waals surface area contributed by atoms with Gasteiger partial charge in [-0.15, -0.1) is 0 Å². The average Bonchev–Trinajstić information content (AvgIpc) is 2.72. The number of rotatable bonds is 4. The molecule has 1 unspecified atom stereocenters. The largest absolute Gasteiger partial charge is 0.361 e. The van der Waals surface area contributed by atoms with Gasteiger partial charge in [0.2, 0.25) is 0 Å². The fraction of sp³-hybridized carbons (Fsp3) is 0.182. The van der Waals surface area contributed by atoms with Gasteiger partial charge in [0, 0.05) is 29.7 Å². The Labute approximate surface area is 205 Å². The van der Waals surface area contributed by atoms with Crippen LogP contribution in [0.15, 0.2) is 65.6 Å². The predicted octanol–water partition coefficient (Wildman–Crippen LogP) is 8.52. The van der Waals surface area contributed by atoms with Crippen LogP contribution in [0.25, 0.3) is 0 Å². The molecule has 8 heteroatoms. The minimum atomic E-state index is 0.0726. The molecule has 1 saturated heterocycles. The van der Waals surface area contributed by atoms with Crippen LogP contribution in [-0.4, -0.2) is 23.9 Å². The molecule has 30 heavy (non-hydrogen) atoms. The first-order chi connectivity index (χ1) is 14.4. The minimum absolute atomic E-state index is 0.0726. The standard InChI is InChI=1S/C22H17Cl5N2S/c23-15-6-4-14(5-7-15)21-13-28(30-22-17(25)2-1-3-18(22)26)10-11-29(21)20-9-8-16(24)12-19(20)27/h1-9,12,21H,10-11,13H2. The summed E-state index contributed by atoms with van der Waals surface area (Å²) in [7, 11) is 0. The van der Waals surface area contributed by atoms with E-state index in [9.17, 15) is 0 Å². The average molecular weight is 519 g/mol. The number of anilines is 1. The molecule has 2 nitrogen and oxygen atoms in total. The zero-order valence-corrected chi connectivity index (χ0v) is 20.3. The molecule has 0 aromatic heterocycles. The maximum Gasteiger partial charge on any atom is 0.0680 e. The van der Waals surface area contributed by atoms with Crippen LogP contribution in [0.3, 0.4) is 0 Å². The number of halogens is 5. The predicted molar refractivity (Wildman–Crippen MR) is 132 cm³/mol. The summed E-state index contributed by atoms with van der Waals surface area (Å²) < 4.78 is 2.28. The van der Waals surface area contributed by atoms with Gasteiger partial charge in [-0.3, -0.25) is 0 Å². The molecule has 0 bridgehead atoms. The molecular weight excluding hydrogens is 502 g/mol. The van der Waals surface area contributed by atoms with Crippen molar-refractivity contribution in [3.05, 3.63) is 91.3 Å². The van der Waals surface area contributed by atoms with Gasteiger partial charge < -0.3 is 4.90 Å². The highest BCUT2D eigenvalue weighted by molar-refractivity contribution is 7.97. The van der Waals surface area contributed by atoms with Crippen LogP contribution in [0.4, 0.5) is 5.69 Å². The van der Waals surface area contributed by atoms with Crippen LogP contribution in [0.1, 0.15) is 11.6 Å². The van der Waals surface area contributed by atoms with Crippen molar-refractivity contribution in [2.75, 3.05) is 24.5 Å². The molecule has 156 valence electrons. The first-order valence-electron chi connectivity index (χ1n) is 9.26. The molecule has 3 aromatic rings. The molecule has 1 heterocycles. The summed E-state index contributed by atoms with van der Waals surface area (Å²) in [6.45, 7) is 2.35. The van der Waals surface area contributed by atoms with Gasteiger partial charge in [0.15, 0.2) is 0 Å². The van der Waals surface area contributed by atoms with Gasteiger partial charge in [-0.05, 0) is 60.0 Å². The van der Waals surface area contributed by atoms with Crippen LogP contribution >= 0.6 is 70.0 Å². The number of hydrogen-bond donors (Lipinski definition) is 0. The highest BCUT2D eigenvalue weighted by Gasteiger charge is 2.31. The van der Waals surface area contributed by atoms with Gasteiger partial charge in [0.25, 0.3) is 0 Å². The quantitative estimate of drug-likeness (QED) is 0.320. The number of benzene rings is 3. The Hall–Kier alpha value is -0.780. The molecule has 0 aliphatic carbocycles. The molecule has 0 spiro atoms. The minimum Gasteiger partial charge on any atom is -0.361 e. The smallest absolute Gasteiger partial charge is 0.0680 e. The van der Waals surface area contributed by atoms with Gasteiger partial charge >= 0.3 is 0 Å². The maximum atomic E-state index is 6.55. The van der Waals surface area contributed by atoms with Crippen molar-refractivity contribution < 1.29 is 0 Å². The lowest BCUT2D eigenvalue weighted by Gasteiger charge is -2.43. The Balaban J connectivity index is 1.65. The van der Waals surface area contributed by atoms with Gasteiger partial charge in [0.05, 0.1) is 31.7 Å². The van der Waals surface area contributed by atoms with E-state index < -0.39 is 0 Å². The van der Waals surface area contributed by atoms with Gasteiger partial charge in [-0.2, -0.15) is 0 Å². The maximum absolute atomic E-state index is 6.55. The summed E-state index contributed by atoms with van der Waals surface area (Å²) in [5.74, 6) is 0. The van der Waals surface area contributed by atoms with Gasteiger partial charge in [0.1, 0.15) is 0 Å². The third kappa shape index (κ3) is 4.99. The zero-order valence-electron chi connectivity index (χ0n) is 15.7. The molecule has 0 saturated carbocycles.